The van der Waals surface area contributed by atoms with Crippen molar-refractivity contribution in [3.8, 4) is 11.3 Å². The van der Waals surface area contributed by atoms with E-state index in [0.717, 1.165) is 37.1 Å². The third-order valence-electron chi connectivity index (χ3n) is 4.39. The van der Waals surface area contributed by atoms with Gasteiger partial charge in [0.2, 0.25) is 0 Å². The highest BCUT2D eigenvalue weighted by Gasteiger charge is 2.32. The normalized spacial score (nSPS) is 18.8. The summed E-state index contributed by atoms with van der Waals surface area (Å²) in [4.78, 5) is 14.8. The van der Waals surface area contributed by atoms with Crippen molar-refractivity contribution in [1.29, 1.82) is 0 Å². The Balaban J connectivity index is 0.00000208. The number of hydrogen-bond acceptors (Lipinski definition) is 3. The second kappa shape index (κ2) is 8.14. The second-order valence-corrected chi connectivity index (χ2v) is 6.84. The molecule has 130 valence electrons. The molecule has 0 radical (unpaired) electrons. The van der Waals surface area contributed by atoms with Gasteiger partial charge in [0.05, 0.1) is 4.47 Å². The third kappa shape index (κ3) is 3.66. The van der Waals surface area contributed by atoms with E-state index in [4.69, 9.17) is 5.73 Å². The SMILES string of the molecule is CC(N)C1CCCCN1C(=O)c1[nH]nc(-c2ccccc2)c1Br.Cl. The molecule has 0 saturated carbocycles. The number of nitrogens with two attached hydrogens (primary N) is 1. The molecule has 1 aliphatic heterocycles. The predicted molar refractivity (Wildman–Crippen MR) is 101 cm³/mol. The molecule has 0 spiro atoms. The zero-order chi connectivity index (χ0) is 16.4. The number of nitrogens with one attached hydrogen (secondary N) is 1. The predicted octanol–water partition coefficient (Wildman–Crippen LogP) is 3.60. The Kier molecular flexibility index (Phi) is 6.43. The number of nitrogens with zero attached hydrogens (tertiary/aromatic N) is 2. The first-order valence-corrected chi connectivity index (χ1v) is 8.74. The topological polar surface area (TPSA) is 75.0 Å². The van der Waals surface area contributed by atoms with Crippen LogP contribution in [0.15, 0.2) is 34.8 Å². The summed E-state index contributed by atoms with van der Waals surface area (Å²) in [5, 5.41) is 7.22. The summed E-state index contributed by atoms with van der Waals surface area (Å²) < 4.78 is 0.711. The summed E-state index contributed by atoms with van der Waals surface area (Å²) in [6, 6.07) is 9.86. The van der Waals surface area contributed by atoms with Crippen molar-refractivity contribution in [1.82, 2.24) is 15.1 Å². The number of carbonyl (C=O) groups excluding carboxylic acids is 1. The molecule has 0 aliphatic carbocycles. The van der Waals surface area contributed by atoms with Crippen LogP contribution < -0.4 is 5.73 Å². The van der Waals surface area contributed by atoms with Gasteiger partial charge in [-0.15, -0.1) is 12.4 Å². The summed E-state index contributed by atoms with van der Waals surface area (Å²) in [7, 11) is 0. The van der Waals surface area contributed by atoms with Crippen LogP contribution in [0.3, 0.4) is 0 Å². The van der Waals surface area contributed by atoms with Gasteiger partial charge in [-0.1, -0.05) is 30.3 Å². The number of aromatic amines is 1. The van der Waals surface area contributed by atoms with Crippen molar-refractivity contribution in [2.45, 2.75) is 38.3 Å². The van der Waals surface area contributed by atoms with Gasteiger partial charge < -0.3 is 10.6 Å². The highest BCUT2D eigenvalue weighted by molar-refractivity contribution is 9.10. The fourth-order valence-corrected chi connectivity index (χ4v) is 3.73. The molecule has 1 amide bonds. The van der Waals surface area contributed by atoms with Crippen molar-refractivity contribution >= 4 is 34.2 Å². The molecule has 1 aliphatic rings. The number of aromatic nitrogens is 2. The van der Waals surface area contributed by atoms with Crippen LogP contribution in [0, 0.1) is 0 Å². The standard InChI is InChI=1S/C17H21BrN4O.ClH/c1-11(19)13-9-5-6-10-22(13)17(23)16-14(18)15(20-21-16)12-7-3-2-4-8-12;/h2-4,7-8,11,13H,5-6,9-10,19H2,1H3,(H,20,21);1H. The zero-order valence-electron chi connectivity index (χ0n) is 13.5. The molecule has 3 rings (SSSR count). The largest absolute Gasteiger partial charge is 0.333 e. The molecular formula is C17H22BrClN4O. The van der Waals surface area contributed by atoms with Gasteiger partial charge in [0.1, 0.15) is 11.4 Å². The van der Waals surface area contributed by atoms with E-state index in [1.807, 2.05) is 42.2 Å². The molecule has 2 heterocycles. The molecule has 1 fully saturated rings. The molecule has 1 saturated heterocycles. The first-order valence-electron chi connectivity index (χ1n) is 7.95. The number of hydrogen-bond donors (Lipinski definition) is 2. The van der Waals surface area contributed by atoms with Gasteiger partial charge in [0.15, 0.2) is 0 Å². The number of likely N-dealkylation sites (tertiary alicyclic amines) is 1. The van der Waals surface area contributed by atoms with Crippen molar-refractivity contribution in [2.24, 2.45) is 5.73 Å². The number of rotatable bonds is 3. The van der Waals surface area contributed by atoms with Gasteiger partial charge in [-0.25, -0.2) is 0 Å². The lowest BCUT2D eigenvalue weighted by Crippen LogP contribution is -2.51. The highest BCUT2D eigenvalue weighted by atomic mass is 79.9. The van der Waals surface area contributed by atoms with Gasteiger partial charge in [-0.05, 0) is 42.1 Å². The maximum Gasteiger partial charge on any atom is 0.273 e. The first-order chi connectivity index (χ1) is 11.1. The van der Waals surface area contributed by atoms with E-state index >= 15 is 0 Å². The Hall–Kier alpha value is -1.37. The molecule has 3 N–H and O–H groups in total. The van der Waals surface area contributed by atoms with E-state index in [1.165, 1.54) is 0 Å². The van der Waals surface area contributed by atoms with Crippen LogP contribution >= 0.6 is 28.3 Å². The minimum Gasteiger partial charge on any atom is -0.333 e. The van der Waals surface area contributed by atoms with E-state index in [0.29, 0.717) is 10.2 Å². The van der Waals surface area contributed by atoms with E-state index in [-0.39, 0.29) is 30.4 Å². The summed E-state index contributed by atoms with van der Waals surface area (Å²) in [6.07, 6.45) is 3.10. The van der Waals surface area contributed by atoms with E-state index in [2.05, 4.69) is 26.1 Å². The van der Waals surface area contributed by atoms with Crippen molar-refractivity contribution < 1.29 is 4.79 Å². The van der Waals surface area contributed by atoms with Gasteiger partial charge in [-0.2, -0.15) is 5.10 Å². The highest BCUT2D eigenvalue weighted by Crippen LogP contribution is 2.31. The minimum atomic E-state index is -0.0337. The van der Waals surface area contributed by atoms with Crippen molar-refractivity contribution in [3.63, 3.8) is 0 Å². The smallest absolute Gasteiger partial charge is 0.273 e. The quantitative estimate of drug-likeness (QED) is 0.807. The lowest BCUT2D eigenvalue weighted by molar-refractivity contribution is 0.0577. The maximum absolute atomic E-state index is 12.9. The number of halogens is 2. The average molecular weight is 414 g/mol. The van der Waals surface area contributed by atoms with Crippen LogP contribution in [-0.2, 0) is 0 Å². The number of piperidine rings is 1. The lowest BCUT2D eigenvalue weighted by atomic mass is 9.96. The van der Waals surface area contributed by atoms with Crippen LogP contribution in [0.5, 0.6) is 0 Å². The van der Waals surface area contributed by atoms with Crippen LogP contribution in [-0.4, -0.2) is 39.6 Å². The van der Waals surface area contributed by atoms with Crippen molar-refractivity contribution in [3.05, 3.63) is 40.5 Å². The lowest BCUT2D eigenvalue weighted by Gasteiger charge is -2.37. The van der Waals surface area contributed by atoms with Crippen molar-refractivity contribution in [2.75, 3.05) is 6.54 Å². The Labute approximate surface area is 156 Å². The van der Waals surface area contributed by atoms with Crippen LogP contribution in [0.2, 0.25) is 0 Å². The number of benzene rings is 1. The summed E-state index contributed by atoms with van der Waals surface area (Å²) in [5.74, 6) is -0.0337. The molecule has 7 heteroatoms. The Bertz CT molecular complexity index is 689. The summed E-state index contributed by atoms with van der Waals surface area (Å²) in [5.41, 5.74) is 8.30. The van der Waals surface area contributed by atoms with Crippen LogP contribution in [0.25, 0.3) is 11.3 Å². The molecular weight excluding hydrogens is 392 g/mol. The van der Waals surface area contributed by atoms with Crippen LogP contribution in [0.1, 0.15) is 36.7 Å². The first kappa shape index (κ1) is 19.0. The fraction of sp³-hybridized carbons (Fsp3) is 0.412. The Morgan fingerprint density at radius 3 is 2.75 bits per heavy atom. The Morgan fingerprint density at radius 2 is 2.08 bits per heavy atom. The second-order valence-electron chi connectivity index (χ2n) is 6.05. The molecule has 2 unspecified atom stereocenters. The van der Waals surface area contributed by atoms with E-state index in [9.17, 15) is 4.79 Å². The van der Waals surface area contributed by atoms with E-state index < -0.39 is 0 Å². The number of H-pyrrole nitrogens is 1. The van der Waals surface area contributed by atoms with E-state index in [1.54, 1.807) is 0 Å². The maximum atomic E-state index is 12.9. The molecule has 1 aromatic carbocycles. The van der Waals surface area contributed by atoms with Crippen LogP contribution in [0.4, 0.5) is 0 Å². The Morgan fingerprint density at radius 1 is 1.38 bits per heavy atom. The average Bonchev–Trinajstić information content (AvgIpc) is 2.96. The molecule has 2 atom stereocenters. The van der Waals surface area contributed by atoms with Gasteiger partial charge in [0.25, 0.3) is 5.91 Å². The minimum absolute atomic E-state index is 0. The molecule has 24 heavy (non-hydrogen) atoms. The molecule has 5 nitrogen and oxygen atoms in total. The number of carbonyl (C=O) groups is 1. The monoisotopic (exact) mass is 412 g/mol. The summed E-state index contributed by atoms with van der Waals surface area (Å²) >= 11 is 3.54. The number of amides is 1. The summed E-state index contributed by atoms with van der Waals surface area (Å²) in [6.45, 7) is 2.71. The third-order valence-corrected chi connectivity index (χ3v) is 5.16. The zero-order valence-corrected chi connectivity index (χ0v) is 15.9. The molecule has 2 aromatic rings. The van der Waals surface area contributed by atoms with Gasteiger partial charge in [0, 0.05) is 24.2 Å². The molecule has 0 bridgehead atoms. The molecule has 1 aromatic heterocycles. The van der Waals surface area contributed by atoms with Gasteiger partial charge >= 0.3 is 0 Å². The van der Waals surface area contributed by atoms with Gasteiger partial charge in [-0.3, -0.25) is 9.89 Å². The fourth-order valence-electron chi connectivity index (χ4n) is 3.16.